The van der Waals surface area contributed by atoms with Crippen LogP contribution in [0.15, 0.2) is 30.3 Å². The Morgan fingerprint density at radius 1 is 0.810 bits per heavy atom. The summed E-state index contributed by atoms with van der Waals surface area (Å²) in [6.45, 7) is 6.23. The standard InChI is InChI=1S/C15H14Cl4OSi/c1-21(2,3)20-15-13(19)7-6-12(18)14(15)10-8-9(16)4-5-11(10)17/h4-8H,1-3H3. The monoisotopic (exact) mass is 378 g/mol. The van der Waals surface area contributed by atoms with Crippen LogP contribution < -0.4 is 4.43 Å². The maximum Gasteiger partial charge on any atom is 0.242 e. The highest BCUT2D eigenvalue weighted by Crippen LogP contribution is 2.45. The Balaban J connectivity index is 2.72. The normalized spacial score (nSPS) is 11.6. The van der Waals surface area contributed by atoms with Gasteiger partial charge < -0.3 is 4.43 Å². The Labute approximate surface area is 145 Å². The van der Waals surface area contributed by atoms with E-state index in [1.165, 1.54) is 0 Å². The first-order chi connectivity index (χ1) is 9.69. The van der Waals surface area contributed by atoms with E-state index in [-0.39, 0.29) is 0 Å². The van der Waals surface area contributed by atoms with Crippen LogP contribution in [0.25, 0.3) is 11.1 Å². The molecule has 0 N–H and O–H groups in total. The fourth-order valence-electron chi connectivity index (χ4n) is 1.88. The molecule has 0 heterocycles. The highest BCUT2D eigenvalue weighted by Gasteiger charge is 2.23. The zero-order chi connectivity index (χ0) is 15.8. The predicted molar refractivity (Wildman–Crippen MR) is 95.9 cm³/mol. The quantitative estimate of drug-likeness (QED) is 0.513. The topological polar surface area (TPSA) is 9.23 Å². The van der Waals surface area contributed by atoms with Crippen molar-refractivity contribution >= 4 is 54.7 Å². The molecule has 2 aromatic rings. The summed E-state index contributed by atoms with van der Waals surface area (Å²) in [5.41, 5.74) is 1.39. The second kappa shape index (κ2) is 6.39. The zero-order valence-electron chi connectivity index (χ0n) is 11.8. The van der Waals surface area contributed by atoms with Crippen molar-refractivity contribution in [1.29, 1.82) is 0 Å². The molecule has 0 aromatic heterocycles. The van der Waals surface area contributed by atoms with Gasteiger partial charge in [0, 0.05) is 21.2 Å². The van der Waals surface area contributed by atoms with Crippen LogP contribution in [-0.4, -0.2) is 8.32 Å². The molecule has 0 spiro atoms. The molecule has 0 radical (unpaired) electrons. The van der Waals surface area contributed by atoms with Crippen LogP contribution in [0.2, 0.25) is 39.7 Å². The highest BCUT2D eigenvalue weighted by molar-refractivity contribution is 6.70. The molecule has 0 saturated heterocycles. The molecule has 0 aliphatic heterocycles. The molecular weight excluding hydrogens is 366 g/mol. The van der Waals surface area contributed by atoms with Crippen LogP contribution >= 0.6 is 46.4 Å². The maximum absolute atomic E-state index is 6.36. The van der Waals surface area contributed by atoms with Crippen molar-refractivity contribution in [3.63, 3.8) is 0 Å². The van der Waals surface area contributed by atoms with Gasteiger partial charge in [0.05, 0.1) is 10.0 Å². The minimum absolute atomic E-state index is 0.507. The lowest BCUT2D eigenvalue weighted by Crippen LogP contribution is -2.29. The summed E-state index contributed by atoms with van der Waals surface area (Å²) in [6.07, 6.45) is 0. The van der Waals surface area contributed by atoms with Crippen molar-refractivity contribution < 1.29 is 4.43 Å². The first-order valence-corrected chi connectivity index (χ1v) is 11.2. The highest BCUT2D eigenvalue weighted by atomic mass is 35.5. The summed E-state index contributed by atoms with van der Waals surface area (Å²) in [5, 5.41) is 2.15. The molecule has 0 unspecified atom stereocenters. The number of hydrogen-bond acceptors (Lipinski definition) is 1. The first-order valence-electron chi connectivity index (χ1n) is 6.31. The van der Waals surface area contributed by atoms with Crippen molar-refractivity contribution in [2.45, 2.75) is 19.6 Å². The molecule has 0 aliphatic rings. The van der Waals surface area contributed by atoms with E-state index in [1.54, 1.807) is 30.3 Å². The Morgan fingerprint density at radius 2 is 1.38 bits per heavy atom. The van der Waals surface area contributed by atoms with Crippen LogP contribution in [0, 0.1) is 0 Å². The first kappa shape index (κ1) is 17.0. The van der Waals surface area contributed by atoms with E-state index in [9.17, 15) is 0 Å². The van der Waals surface area contributed by atoms with E-state index < -0.39 is 8.32 Å². The lowest BCUT2D eigenvalue weighted by Gasteiger charge is -2.24. The van der Waals surface area contributed by atoms with Gasteiger partial charge in [0.1, 0.15) is 5.75 Å². The molecule has 6 heteroatoms. The number of hydrogen-bond donors (Lipinski definition) is 0. The summed E-state index contributed by atoms with van der Waals surface area (Å²) in [6, 6.07) is 8.67. The van der Waals surface area contributed by atoms with Crippen molar-refractivity contribution in [1.82, 2.24) is 0 Å². The molecule has 1 nitrogen and oxygen atoms in total. The summed E-state index contributed by atoms with van der Waals surface area (Å²) in [4.78, 5) is 0. The second-order valence-corrected chi connectivity index (χ2v) is 11.7. The number of halogens is 4. The van der Waals surface area contributed by atoms with Crippen LogP contribution in [-0.2, 0) is 0 Å². The van der Waals surface area contributed by atoms with Gasteiger partial charge in [0.2, 0.25) is 8.32 Å². The van der Waals surface area contributed by atoms with Crippen LogP contribution in [0.4, 0.5) is 0 Å². The molecule has 0 atom stereocenters. The minimum atomic E-state index is -1.87. The van der Waals surface area contributed by atoms with E-state index in [0.29, 0.717) is 37.0 Å². The fourth-order valence-corrected chi connectivity index (χ4v) is 3.60. The molecular formula is C15H14Cl4OSi. The second-order valence-electron chi connectivity index (χ2n) is 5.57. The average Bonchev–Trinajstić information content (AvgIpc) is 2.36. The molecule has 0 aliphatic carbocycles. The maximum atomic E-state index is 6.36. The summed E-state index contributed by atoms with van der Waals surface area (Å²) in [7, 11) is -1.87. The molecule has 21 heavy (non-hydrogen) atoms. The van der Waals surface area contributed by atoms with Crippen molar-refractivity contribution in [3.05, 3.63) is 50.4 Å². The SMILES string of the molecule is C[Si](C)(C)Oc1c(Cl)ccc(Cl)c1-c1cc(Cl)ccc1Cl. The van der Waals surface area contributed by atoms with E-state index in [0.717, 1.165) is 0 Å². The third-order valence-electron chi connectivity index (χ3n) is 2.66. The Hall–Kier alpha value is -0.383. The number of rotatable bonds is 3. The molecule has 2 rings (SSSR count). The van der Waals surface area contributed by atoms with E-state index in [2.05, 4.69) is 19.6 Å². The molecule has 0 saturated carbocycles. The Morgan fingerprint density at radius 3 is 2.00 bits per heavy atom. The summed E-state index contributed by atoms with van der Waals surface area (Å²) < 4.78 is 6.11. The van der Waals surface area contributed by atoms with Gasteiger partial charge >= 0.3 is 0 Å². The predicted octanol–water partition coefficient (Wildman–Crippen LogP) is 7.18. The third-order valence-corrected chi connectivity index (χ3v) is 4.66. The summed E-state index contributed by atoms with van der Waals surface area (Å²) >= 11 is 25.0. The Bertz CT molecular complexity index is 680. The van der Waals surface area contributed by atoms with Gasteiger partial charge in [-0.25, -0.2) is 0 Å². The molecule has 0 bridgehead atoms. The van der Waals surface area contributed by atoms with Gasteiger partial charge in [-0.15, -0.1) is 0 Å². The van der Waals surface area contributed by atoms with E-state index >= 15 is 0 Å². The molecule has 0 amide bonds. The van der Waals surface area contributed by atoms with Gasteiger partial charge in [-0.1, -0.05) is 46.4 Å². The largest absolute Gasteiger partial charge is 0.543 e. The fraction of sp³-hybridized carbons (Fsp3) is 0.200. The van der Waals surface area contributed by atoms with Gasteiger partial charge in [0.15, 0.2) is 0 Å². The van der Waals surface area contributed by atoms with Crippen LogP contribution in [0.5, 0.6) is 5.75 Å². The lowest BCUT2D eigenvalue weighted by molar-refractivity contribution is 0.560. The smallest absolute Gasteiger partial charge is 0.242 e. The van der Waals surface area contributed by atoms with Crippen molar-refractivity contribution in [2.24, 2.45) is 0 Å². The minimum Gasteiger partial charge on any atom is -0.543 e. The number of benzene rings is 2. The van der Waals surface area contributed by atoms with Crippen molar-refractivity contribution in [2.75, 3.05) is 0 Å². The molecule has 0 fully saturated rings. The third kappa shape index (κ3) is 4.08. The van der Waals surface area contributed by atoms with Crippen LogP contribution in [0.1, 0.15) is 0 Å². The van der Waals surface area contributed by atoms with Gasteiger partial charge in [-0.3, -0.25) is 0 Å². The van der Waals surface area contributed by atoms with E-state index in [1.807, 2.05) is 0 Å². The summed E-state index contributed by atoms with van der Waals surface area (Å²) in [5.74, 6) is 0.563. The van der Waals surface area contributed by atoms with Gasteiger partial charge in [0.25, 0.3) is 0 Å². The average molecular weight is 380 g/mol. The molecule has 112 valence electrons. The van der Waals surface area contributed by atoms with Gasteiger partial charge in [-0.2, -0.15) is 0 Å². The molecule has 2 aromatic carbocycles. The van der Waals surface area contributed by atoms with Crippen molar-refractivity contribution in [3.8, 4) is 16.9 Å². The van der Waals surface area contributed by atoms with Crippen LogP contribution in [0.3, 0.4) is 0 Å². The van der Waals surface area contributed by atoms with Gasteiger partial charge in [-0.05, 0) is 50.0 Å². The Kier molecular flexibility index (Phi) is 5.17. The lowest BCUT2D eigenvalue weighted by atomic mass is 10.0. The zero-order valence-corrected chi connectivity index (χ0v) is 15.8. The van der Waals surface area contributed by atoms with E-state index in [4.69, 9.17) is 50.8 Å².